The summed E-state index contributed by atoms with van der Waals surface area (Å²) in [6.45, 7) is 5.01. The van der Waals surface area contributed by atoms with Crippen LogP contribution >= 0.6 is 23.2 Å². The highest BCUT2D eigenvalue weighted by Crippen LogP contribution is 2.65. The Morgan fingerprint density at radius 1 is 1.35 bits per heavy atom. The minimum atomic E-state index is -1.08. The molecule has 0 N–H and O–H groups in total. The Morgan fingerprint density at radius 2 is 1.94 bits per heavy atom. The second kappa shape index (κ2) is 3.96. The lowest BCUT2D eigenvalue weighted by atomic mass is 10.0. The van der Waals surface area contributed by atoms with Gasteiger partial charge in [-0.2, -0.15) is 0 Å². The maximum absolute atomic E-state index is 13.6. The van der Waals surface area contributed by atoms with E-state index in [-0.39, 0.29) is 17.5 Å². The van der Waals surface area contributed by atoms with E-state index in [1.807, 2.05) is 13.0 Å². The average Bonchev–Trinajstić information content (AvgIpc) is 2.77. The number of carbonyl (C=O) groups is 1. The summed E-state index contributed by atoms with van der Waals surface area (Å²) in [5.41, 5.74) is 2.16. The molecule has 0 aromatic heterocycles. The van der Waals surface area contributed by atoms with Crippen LogP contribution in [0.25, 0.3) is 0 Å². The number of hydrogen-bond donors (Lipinski definition) is 0. The van der Waals surface area contributed by atoms with E-state index in [1.54, 1.807) is 6.92 Å². The lowest BCUT2D eigenvalue weighted by molar-refractivity contribution is -0.118. The third-order valence-corrected chi connectivity index (χ3v) is 4.42. The summed E-state index contributed by atoms with van der Waals surface area (Å²) in [4.78, 5) is 11.4. The van der Waals surface area contributed by atoms with Crippen molar-refractivity contribution >= 4 is 29.0 Å². The molecule has 0 spiro atoms. The number of halogens is 3. The van der Waals surface area contributed by atoms with Gasteiger partial charge in [0, 0.05) is 5.92 Å². The number of ketones is 1. The fraction of sp³-hybridized carbons (Fsp3) is 0.462. The van der Waals surface area contributed by atoms with Crippen LogP contribution in [0, 0.1) is 25.6 Å². The second-order valence-corrected chi connectivity index (χ2v) is 6.13. The molecule has 1 aromatic rings. The molecule has 2 atom stereocenters. The lowest BCUT2D eigenvalue weighted by Gasteiger charge is -2.06. The van der Waals surface area contributed by atoms with Crippen molar-refractivity contribution in [3.63, 3.8) is 0 Å². The maximum atomic E-state index is 13.6. The van der Waals surface area contributed by atoms with Crippen LogP contribution < -0.4 is 0 Å². The molecule has 17 heavy (non-hydrogen) atoms. The van der Waals surface area contributed by atoms with Gasteiger partial charge in [0.15, 0.2) is 0 Å². The van der Waals surface area contributed by atoms with Gasteiger partial charge < -0.3 is 0 Å². The molecule has 0 amide bonds. The quantitative estimate of drug-likeness (QED) is 0.748. The normalized spacial score (nSPS) is 25.8. The molecule has 1 aromatic carbocycles. The van der Waals surface area contributed by atoms with Crippen LogP contribution in [0.2, 0.25) is 0 Å². The zero-order valence-corrected chi connectivity index (χ0v) is 11.4. The van der Waals surface area contributed by atoms with Crippen LogP contribution in [0.4, 0.5) is 4.39 Å². The first kappa shape index (κ1) is 12.8. The number of hydrogen-bond acceptors (Lipinski definition) is 1. The van der Waals surface area contributed by atoms with Gasteiger partial charge in [-0.05, 0) is 43.5 Å². The summed E-state index contributed by atoms with van der Waals surface area (Å²) < 4.78 is 12.6. The van der Waals surface area contributed by atoms with Crippen molar-refractivity contribution < 1.29 is 9.18 Å². The SMILES string of the molecule is CC(=O)C1C(c2cc(C)c(C)c(F)c2)C1(Cl)Cl. The fourth-order valence-electron chi connectivity index (χ4n) is 2.27. The van der Waals surface area contributed by atoms with E-state index in [4.69, 9.17) is 23.2 Å². The van der Waals surface area contributed by atoms with E-state index in [1.165, 1.54) is 13.0 Å². The van der Waals surface area contributed by atoms with Gasteiger partial charge in [0.05, 0.1) is 5.92 Å². The highest BCUT2D eigenvalue weighted by Gasteiger charge is 2.66. The molecule has 0 radical (unpaired) electrons. The van der Waals surface area contributed by atoms with E-state index in [0.29, 0.717) is 11.1 Å². The molecule has 92 valence electrons. The van der Waals surface area contributed by atoms with E-state index < -0.39 is 10.3 Å². The Balaban J connectivity index is 2.41. The van der Waals surface area contributed by atoms with Crippen molar-refractivity contribution in [3.8, 4) is 0 Å². The van der Waals surface area contributed by atoms with Crippen LogP contribution in [0.3, 0.4) is 0 Å². The van der Waals surface area contributed by atoms with E-state index in [0.717, 1.165) is 5.56 Å². The minimum Gasteiger partial charge on any atom is -0.300 e. The number of alkyl halides is 2. The second-order valence-electron chi connectivity index (χ2n) is 4.69. The largest absolute Gasteiger partial charge is 0.300 e. The molecule has 1 aliphatic rings. The molecule has 1 fully saturated rings. The van der Waals surface area contributed by atoms with Gasteiger partial charge in [-0.15, -0.1) is 23.2 Å². The topological polar surface area (TPSA) is 17.1 Å². The van der Waals surface area contributed by atoms with Gasteiger partial charge in [0.1, 0.15) is 15.9 Å². The summed E-state index contributed by atoms with van der Waals surface area (Å²) in [6, 6.07) is 3.28. The van der Waals surface area contributed by atoms with Crippen LogP contribution in [0.5, 0.6) is 0 Å². The smallest absolute Gasteiger partial charge is 0.136 e. The predicted octanol–water partition coefficient (Wildman–Crippen LogP) is 3.92. The molecule has 1 nitrogen and oxygen atoms in total. The Kier molecular flexibility index (Phi) is 2.99. The molecule has 0 saturated heterocycles. The van der Waals surface area contributed by atoms with Crippen molar-refractivity contribution in [2.75, 3.05) is 0 Å². The third-order valence-electron chi connectivity index (χ3n) is 3.48. The van der Waals surface area contributed by atoms with E-state index in [9.17, 15) is 9.18 Å². The van der Waals surface area contributed by atoms with Crippen LogP contribution in [0.1, 0.15) is 29.5 Å². The summed E-state index contributed by atoms with van der Waals surface area (Å²) in [6.07, 6.45) is 0. The summed E-state index contributed by atoms with van der Waals surface area (Å²) in [5.74, 6) is -1.05. The third kappa shape index (κ3) is 1.98. The van der Waals surface area contributed by atoms with E-state index in [2.05, 4.69) is 0 Å². The fourth-order valence-corrected chi connectivity index (χ4v) is 3.21. The summed E-state index contributed by atoms with van der Waals surface area (Å²) in [7, 11) is 0. The van der Waals surface area contributed by atoms with Gasteiger partial charge in [-0.1, -0.05) is 6.07 Å². The molecule has 4 heteroatoms. The maximum Gasteiger partial charge on any atom is 0.136 e. The zero-order chi connectivity index (χ0) is 13.0. The number of benzene rings is 1. The van der Waals surface area contributed by atoms with Gasteiger partial charge >= 0.3 is 0 Å². The number of rotatable bonds is 2. The molecule has 1 saturated carbocycles. The molecule has 2 rings (SSSR count). The van der Waals surface area contributed by atoms with Crippen molar-refractivity contribution in [2.45, 2.75) is 31.0 Å². The van der Waals surface area contributed by atoms with Gasteiger partial charge in [-0.25, -0.2) is 4.39 Å². The molecular weight excluding hydrogens is 262 g/mol. The molecule has 0 bridgehead atoms. The van der Waals surface area contributed by atoms with Gasteiger partial charge in [-0.3, -0.25) is 4.79 Å². The Morgan fingerprint density at radius 3 is 2.35 bits per heavy atom. The summed E-state index contributed by atoms with van der Waals surface area (Å²) >= 11 is 12.1. The molecule has 0 heterocycles. The first-order valence-electron chi connectivity index (χ1n) is 5.41. The van der Waals surface area contributed by atoms with Crippen molar-refractivity contribution in [3.05, 3.63) is 34.6 Å². The molecule has 0 aliphatic heterocycles. The Hall–Kier alpha value is -0.600. The standard InChI is InChI=1S/C13H13Cl2FO/c1-6-4-9(5-10(16)7(6)2)12-11(8(3)17)13(12,14)15/h4-5,11-12H,1-3H3. The highest BCUT2D eigenvalue weighted by atomic mass is 35.5. The Labute approximate surface area is 110 Å². The monoisotopic (exact) mass is 274 g/mol. The van der Waals surface area contributed by atoms with Crippen LogP contribution in [-0.4, -0.2) is 10.1 Å². The van der Waals surface area contributed by atoms with Crippen LogP contribution in [-0.2, 0) is 4.79 Å². The summed E-state index contributed by atoms with van der Waals surface area (Å²) in [5, 5.41) is 0. The number of aryl methyl sites for hydroxylation is 1. The number of carbonyl (C=O) groups excluding carboxylic acids is 1. The van der Waals surface area contributed by atoms with Gasteiger partial charge in [0.25, 0.3) is 0 Å². The van der Waals surface area contributed by atoms with Crippen molar-refractivity contribution in [1.29, 1.82) is 0 Å². The van der Waals surface area contributed by atoms with Crippen molar-refractivity contribution in [2.24, 2.45) is 5.92 Å². The molecule has 2 unspecified atom stereocenters. The highest BCUT2D eigenvalue weighted by molar-refractivity contribution is 6.53. The predicted molar refractivity (Wildman–Crippen MR) is 67.2 cm³/mol. The number of Topliss-reactive ketones (excluding diaryl/α,β-unsaturated/α-hetero) is 1. The van der Waals surface area contributed by atoms with Crippen molar-refractivity contribution in [1.82, 2.24) is 0 Å². The van der Waals surface area contributed by atoms with Gasteiger partial charge in [0.2, 0.25) is 0 Å². The molecule has 1 aliphatic carbocycles. The lowest BCUT2D eigenvalue weighted by Crippen LogP contribution is -1.99. The zero-order valence-electron chi connectivity index (χ0n) is 9.85. The average molecular weight is 275 g/mol. The minimum absolute atomic E-state index is 0.0568. The first-order chi connectivity index (χ1) is 7.76. The molecular formula is C13H13Cl2FO. The first-order valence-corrected chi connectivity index (χ1v) is 6.17. The van der Waals surface area contributed by atoms with E-state index >= 15 is 0 Å². The Bertz CT molecular complexity index is 473. The van der Waals surface area contributed by atoms with Crippen LogP contribution in [0.15, 0.2) is 12.1 Å².